The maximum Gasteiger partial charge on any atom is 0.321 e. The molecule has 0 aromatic carbocycles. The molecule has 1 rings (SSSR count). The predicted molar refractivity (Wildman–Crippen MR) is 63.4 cm³/mol. The average Bonchev–Trinajstić information content (AvgIpc) is 2.63. The molecule has 0 heterocycles. The van der Waals surface area contributed by atoms with E-state index in [0.29, 0.717) is 6.54 Å². The molecule has 0 spiro atoms. The smallest absolute Gasteiger partial charge is 0.321 e. The van der Waals surface area contributed by atoms with Gasteiger partial charge in [0, 0.05) is 6.54 Å². The summed E-state index contributed by atoms with van der Waals surface area (Å²) in [5.74, 6) is -0.462. The van der Waals surface area contributed by atoms with Crippen LogP contribution in [0.25, 0.3) is 0 Å². The van der Waals surface area contributed by atoms with Crippen molar-refractivity contribution in [3.63, 3.8) is 0 Å². The summed E-state index contributed by atoms with van der Waals surface area (Å²) in [6.45, 7) is 4.30. The maximum atomic E-state index is 11.4. The van der Waals surface area contributed by atoms with Crippen molar-refractivity contribution in [1.82, 2.24) is 10.6 Å². The Kier molecular flexibility index (Phi) is 4.59. The van der Waals surface area contributed by atoms with Crippen LogP contribution in [0.15, 0.2) is 0 Å². The van der Waals surface area contributed by atoms with Crippen molar-refractivity contribution in [2.24, 2.45) is 5.41 Å². The van der Waals surface area contributed by atoms with Crippen molar-refractivity contribution in [2.45, 2.75) is 44.9 Å². The van der Waals surface area contributed by atoms with Crippen molar-refractivity contribution in [3.8, 4) is 0 Å². The van der Waals surface area contributed by atoms with Gasteiger partial charge in [0.15, 0.2) is 0 Å². The zero-order valence-corrected chi connectivity index (χ0v) is 10.6. The number of hydrogen-bond acceptors (Lipinski definition) is 2. The van der Waals surface area contributed by atoms with Crippen LogP contribution in [-0.4, -0.2) is 23.9 Å². The lowest BCUT2D eigenvalue weighted by Gasteiger charge is -2.23. The summed E-state index contributed by atoms with van der Waals surface area (Å²) in [6.07, 6.45) is 4.70. The van der Waals surface area contributed by atoms with Crippen LogP contribution in [-0.2, 0) is 4.79 Å². The van der Waals surface area contributed by atoms with Gasteiger partial charge in [0.25, 0.3) is 0 Å². The average molecular weight is 247 g/mol. The molecule has 0 aromatic heterocycles. The van der Waals surface area contributed by atoms with Crippen LogP contribution in [0.2, 0.25) is 0 Å². The van der Waals surface area contributed by atoms with Crippen LogP contribution >= 0.6 is 11.6 Å². The zero-order valence-electron chi connectivity index (χ0n) is 9.81. The summed E-state index contributed by atoms with van der Waals surface area (Å²) in [5.41, 5.74) is 0.187. The minimum absolute atomic E-state index is 0.187. The van der Waals surface area contributed by atoms with Crippen LogP contribution in [0.3, 0.4) is 0 Å². The number of halogens is 1. The van der Waals surface area contributed by atoms with E-state index in [1.54, 1.807) is 0 Å². The fourth-order valence-electron chi connectivity index (χ4n) is 1.95. The minimum atomic E-state index is -0.687. The molecule has 16 heavy (non-hydrogen) atoms. The third-order valence-electron chi connectivity index (χ3n) is 3.08. The molecule has 0 bridgehead atoms. The number of hydrogen-bond donors (Lipinski definition) is 2. The summed E-state index contributed by atoms with van der Waals surface area (Å²) in [4.78, 5) is 22.5. The molecule has 1 saturated carbocycles. The molecule has 1 aliphatic carbocycles. The summed E-state index contributed by atoms with van der Waals surface area (Å²) < 4.78 is 0. The monoisotopic (exact) mass is 246 g/mol. The molecule has 0 aromatic rings. The third-order valence-corrected chi connectivity index (χ3v) is 3.28. The number of carbonyl (C=O) groups excluding carboxylic acids is 2. The Morgan fingerprint density at radius 3 is 2.44 bits per heavy atom. The van der Waals surface area contributed by atoms with Crippen molar-refractivity contribution in [2.75, 3.05) is 6.54 Å². The van der Waals surface area contributed by atoms with Crippen LogP contribution < -0.4 is 10.6 Å². The standard InChI is InChI=1S/C11H19ClN2O2/c1-8(12)9(15)14-10(16)13-7-11(2)5-3-4-6-11/h8H,3-7H2,1-2H3,(H2,13,14,15,16). The van der Waals surface area contributed by atoms with Gasteiger partial charge in [0.1, 0.15) is 5.38 Å². The highest BCUT2D eigenvalue weighted by Crippen LogP contribution is 2.36. The van der Waals surface area contributed by atoms with E-state index in [1.165, 1.54) is 19.8 Å². The molecule has 5 heteroatoms. The largest absolute Gasteiger partial charge is 0.337 e. The molecular formula is C11H19ClN2O2. The molecule has 1 fully saturated rings. The van der Waals surface area contributed by atoms with E-state index in [0.717, 1.165) is 12.8 Å². The lowest BCUT2D eigenvalue weighted by Crippen LogP contribution is -2.45. The van der Waals surface area contributed by atoms with Gasteiger partial charge in [-0.2, -0.15) is 0 Å². The number of carbonyl (C=O) groups is 2. The van der Waals surface area contributed by atoms with Crippen molar-refractivity contribution < 1.29 is 9.59 Å². The summed E-state index contributed by atoms with van der Waals surface area (Å²) in [7, 11) is 0. The highest BCUT2D eigenvalue weighted by atomic mass is 35.5. The Bertz CT molecular complexity index is 273. The number of alkyl halides is 1. The lowest BCUT2D eigenvalue weighted by molar-refractivity contribution is -0.119. The van der Waals surface area contributed by atoms with Gasteiger partial charge < -0.3 is 5.32 Å². The van der Waals surface area contributed by atoms with Crippen LogP contribution in [0.4, 0.5) is 4.79 Å². The molecular weight excluding hydrogens is 228 g/mol. The van der Waals surface area contributed by atoms with Gasteiger partial charge in [-0.3, -0.25) is 10.1 Å². The van der Waals surface area contributed by atoms with Crippen molar-refractivity contribution >= 4 is 23.5 Å². The molecule has 4 nitrogen and oxygen atoms in total. The number of urea groups is 1. The fourth-order valence-corrected chi connectivity index (χ4v) is 2.01. The number of amides is 3. The summed E-state index contributed by atoms with van der Waals surface area (Å²) in [6, 6.07) is -0.453. The van der Waals surface area contributed by atoms with E-state index in [4.69, 9.17) is 11.6 Å². The molecule has 1 aliphatic rings. The molecule has 0 saturated heterocycles. The van der Waals surface area contributed by atoms with Gasteiger partial charge in [-0.15, -0.1) is 11.6 Å². The highest BCUT2D eigenvalue weighted by Gasteiger charge is 2.29. The van der Waals surface area contributed by atoms with Crippen LogP contribution in [0, 0.1) is 5.41 Å². The molecule has 1 unspecified atom stereocenters. The second-order valence-electron chi connectivity index (χ2n) is 4.81. The number of imide groups is 1. The first kappa shape index (κ1) is 13.3. The lowest BCUT2D eigenvalue weighted by atomic mass is 9.89. The summed E-state index contributed by atoms with van der Waals surface area (Å²) in [5, 5.41) is 4.23. The maximum absolute atomic E-state index is 11.4. The molecule has 0 aliphatic heterocycles. The fraction of sp³-hybridized carbons (Fsp3) is 0.818. The molecule has 1 atom stereocenters. The van der Waals surface area contributed by atoms with Gasteiger partial charge in [0.05, 0.1) is 0 Å². The van der Waals surface area contributed by atoms with E-state index >= 15 is 0 Å². The second-order valence-corrected chi connectivity index (χ2v) is 5.46. The molecule has 0 radical (unpaired) electrons. The Morgan fingerprint density at radius 2 is 1.94 bits per heavy atom. The Morgan fingerprint density at radius 1 is 1.38 bits per heavy atom. The van der Waals surface area contributed by atoms with E-state index < -0.39 is 17.3 Å². The molecule has 92 valence electrons. The minimum Gasteiger partial charge on any atom is -0.337 e. The molecule has 2 N–H and O–H groups in total. The Hall–Kier alpha value is -0.770. The SMILES string of the molecule is CC(Cl)C(=O)NC(=O)NCC1(C)CCCC1. The predicted octanol–water partition coefficient (Wildman–Crippen LogP) is 2.02. The van der Waals surface area contributed by atoms with Gasteiger partial charge >= 0.3 is 6.03 Å². The second kappa shape index (κ2) is 5.53. The normalized spacial score (nSPS) is 20.2. The number of rotatable bonds is 3. The van der Waals surface area contributed by atoms with Crippen LogP contribution in [0.5, 0.6) is 0 Å². The van der Waals surface area contributed by atoms with Gasteiger partial charge in [-0.25, -0.2) is 4.79 Å². The van der Waals surface area contributed by atoms with E-state index in [-0.39, 0.29) is 5.41 Å². The Labute approximate surface area is 101 Å². The first-order valence-corrected chi connectivity index (χ1v) is 6.09. The van der Waals surface area contributed by atoms with Gasteiger partial charge in [0.2, 0.25) is 5.91 Å². The van der Waals surface area contributed by atoms with E-state index in [9.17, 15) is 9.59 Å². The first-order chi connectivity index (χ1) is 7.43. The van der Waals surface area contributed by atoms with E-state index in [2.05, 4.69) is 17.6 Å². The summed E-state index contributed by atoms with van der Waals surface area (Å²) >= 11 is 5.53. The Balaban J connectivity index is 2.27. The third kappa shape index (κ3) is 4.00. The molecule has 3 amide bonds. The number of nitrogens with one attached hydrogen (secondary N) is 2. The van der Waals surface area contributed by atoms with Crippen molar-refractivity contribution in [1.29, 1.82) is 0 Å². The van der Waals surface area contributed by atoms with E-state index in [1.807, 2.05) is 0 Å². The quantitative estimate of drug-likeness (QED) is 0.749. The highest BCUT2D eigenvalue weighted by molar-refractivity contribution is 6.31. The van der Waals surface area contributed by atoms with Gasteiger partial charge in [-0.1, -0.05) is 19.8 Å². The van der Waals surface area contributed by atoms with Gasteiger partial charge in [-0.05, 0) is 25.2 Å². The van der Waals surface area contributed by atoms with Crippen LogP contribution in [0.1, 0.15) is 39.5 Å². The first-order valence-electron chi connectivity index (χ1n) is 5.66. The topological polar surface area (TPSA) is 58.2 Å². The zero-order chi connectivity index (χ0) is 12.2. The van der Waals surface area contributed by atoms with Crippen molar-refractivity contribution in [3.05, 3.63) is 0 Å².